The minimum Gasteiger partial charge on any atom is -0.497 e. The van der Waals surface area contributed by atoms with E-state index in [4.69, 9.17) is 4.74 Å². The third kappa shape index (κ3) is 3.30. The highest BCUT2D eigenvalue weighted by Gasteiger charge is 2.33. The van der Waals surface area contributed by atoms with Crippen molar-refractivity contribution in [1.29, 1.82) is 0 Å². The summed E-state index contributed by atoms with van der Waals surface area (Å²) in [5.41, 5.74) is 3.09. The molecule has 0 spiro atoms. The number of amides is 1. The van der Waals surface area contributed by atoms with Crippen LogP contribution in [0, 0.1) is 12.8 Å². The van der Waals surface area contributed by atoms with E-state index in [1.807, 2.05) is 12.1 Å². The molecule has 1 saturated carbocycles. The van der Waals surface area contributed by atoms with Gasteiger partial charge in [0.25, 0.3) is 5.91 Å². The van der Waals surface area contributed by atoms with Crippen molar-refractivity contribution in [3.63, 3.8) is 0 Å². The lowest BCUT2D eigenvalue weighted by Crippen LogP contribution is -2.29. The first-order valence-electron chi connectivity index (χ1n) is 7.69. The van der Waals surface area contributed by atoms with E-state index in [1.165, 1.54) is 24.0 Å². The summed E-state index contributed by atoms with van der Waals surface area (Å²) < 4.78 is 5.13. The van der Waals surface area contributed by atoms with Crippen molar-refractivity contribution in [2.75, 3.05) is 7.11 Å². The zero-order chi connectivity index (χ0) is 15.5. The number of benzene rings is 2. The summed E-state index contributed by atoms with van der Waals surface area (Å²) in [4.78, 5) is 12.5. The first-order valence-corrected chi connectivity index (χ1v) is 7.69. The van der Waals surface area contributed by atoms with Gasteiger partial charge in [-0.2, -0.15) is 0 Å². The van der Waals surface area contributed by atoms with Crippen LogP contribution in [-0.4, -0.2) is 13.0 Å². The molecule has 1 amide bonds. The average molecular weight is 295 g/mol. The highest BCUT2D eigenvalue weighted by molar-refractivity contribution is 5.94. The third-order valence-corrected chi connectivity index (χ3v) is 4.17. The molecule has 1 unspecified atom stereocenters. The molecule has 1 fully saturated rings. The van der Waals surface area contributed by atoms with Crippen LogP contribution in [0.2, 0.25) is 0 Å². The fourth-order valence-electron chi connectivity index (χ4n) is 2.64. The Kier molecular flexibility index (Phi) is 4.14. The van der Waals surface area contributed by atoms with E-state index in [2.05, 4.69) is 36.5 Å². The van der Waals surface area contributed by atoms with Gasteiger partial charge in [-0.25, -0.2) is 0 Å². The molecule has 1 aliphatic carbocycles. The molecule has 3 nitrogen and oxygen atoms in total. The Labute approximate surface area is 131 Å². The quantitative estimate of drug-likeness (QED) is 0.909. The van der Waals surface area contributed by atoms with Gasteiger partial charge in [-0.3, -0.25) is 4.79 Å². The van der Waals surface area contributed by atoms with Gasteiger partial charge in [-0.1, -0.05) is 29.8 Å². The lowest BCUT2D eigenvalue weighted by Gasteiger charge is -2.19. The van der Waals surface area contributed by atoms with Gasteiger partial charge in [0, 0.05) is 5.56 Å². The number of nitrogens with one attached hydrogen (secondary N) is 1. The standard InChI is InChI=1S/C19H21NO2/c1-13-3-5-14(6-4-13)18(15-7-8-15)20-19(21)16-9-11-17(22-2)12-10-16/h3-6,9-12,15,18H,7-8H2,1-2H3,(H,20,21). The van der Waals surface area contributed by atoms with E-state index >= 15 is 0 Å². The Bertz CT molecular complexity index is 642. The SMILES string of the molecule is COc1ccc(C(=O)NC(c2ccc(C)cc2)C2CC2)cc1. The van der Waals surface area contributed by atoms with E-state index in [-0.39, 0.29) is 11.9 Å². The van der Waals surface area contributed by atoms with Gasteiger partial charge >= 0.3 is 0 Å². The summed E-state index contributed by atoms with van der Waals surface area (Å²) in [6.07, 6.45) is 2.36. The fourth-order valence-corrected chi connectivity index (χ4v) is 2.64. The van der Waals surface area contributed by atoms with Gasteiger partial charge in [0.05, 0.1) is 13.2 Å². The number of carbonyl (C=O) groups excluding carboxylic acids is 1. The molecule has 1 N–H and O–H groups in total. The van der Waals surface area contributed by atoms with Gasteiger partial charge in [-0.05, 0) is 55.5 Å². The van der Waals surface area contributed by atoms with Crippen LogP contribution >= 0.6 is 0 Å². The molecule has 2 aromatic carbocycles. The summed E-state index contributed by atoms with van der Waals surface area (Å²) in [5, 5.41) is 3.19. The molecule has 1 atom stereocenters. The van der Waals surface area contributed by atoms with Crippen LogP contribution in [0.4, 0.5) is 0 Å². The van der Waals surface area contributed by atoms with Gasteiger partial charge in [-0.15, -0.1) is 0 Å². The Morgan fingerprint density at radius 1 is 1.09 bits per heavy atom. The predicted molar refractivity (Wildman–Crippen MR) is 87.1 cm³/mol. The molecule has 3 heteroatoms. The van der Waals surface area contributed by atoms with Crippen molar-refractivity contribution in [1.82, 2.24) is 5.32 Å². The summed E-state index contributed by atoms with van der Waals surface area (Å²) in [5.74, 6) is 1.29. The topological polar surface area (TPSA) is 38.3 Å². The number of ether oxygens (including phenoxy) is 1. The molecule has 0 aliphatic heterocycles. The molecule has 0 heterocycles. The number of hydrogen-bond acceptors (Lipinski definition) is 2. The Hall–Kier alpha value is -2.29. The normalized spacial score (nSPS) is 15.2. The van der Waals surface area contributed by atoms with Crippen LogP contribution in [-0.2, 0) is 0 Å². The van der Waals surface area contributed by atoms with Crippen molar-refractivity contribution < 1.29 is 9.53 Å². The molecule has 0 aromatic heterocycles. The van der Waals surface area contributed by atoms with Crippen LogP contribution in [0.5, 0.6) is 5.75 Å². The van der Waals surface area contributed by atoms with Crippen LogP contribution < -0.4 is 10.1 Å². The molecule has 22 heavy (non-hydrogen) atoms. The zero-order valence-corrected chi connectivity index (χ0v) is 13.0. The maximum atomic E-state index is 12.5. The first kappa shape index (κ1) is 14.6. The van der Waals surface area contributed by atoms with Crippen molar-refractivity contribution in [3.05, 3.63) is 65.2 Å². The highest BCUT2D eigenvalue weighted by atomic mass is 16.5. The number of aryl methyl sites for hydroxylation is 1. The van der Waals surface area contributed by atoms with Crippen LogP contribution in [0.25, 0.3) is 0 Å². The maximum absolute atomic E-state index is 12.5. The monoisotopic (exact) mass is 295 g/mol. The highest BCUT2D eigenvalue weighted by Crippen LogP contribution is 2.41. The summed E-state index contributed by atoms with van der Waals surface area (Å²) >= 11 is 0. The van der Waals surface area contributed by atoms with Crippen molar-refractivity contribution in [2.45, 2.75) is 25.8 Å². The summed E-state index contributed by atoms with van der Waals surface area (Å²) in [6, 6.07) is 15.8. The van der Waals surface area contributed by atoms with E-state index < -0.39 is 0 Å². The average Bonchev–Trinajstić information content (AvgIpc) is 3.38. The fraction of sp³-hybridized carbons (Fsp3) is 0.316. The van der Waals surface area contributed by atoms with Gasteiger partial charge in [0.15, 0.2) is 0 Å². The first-order chi connectivity index (χ1) is 10.7. The van der Waals surface area contributed by atoms with Gasteiger partial charge in [0.1, 0.15) is 5.75 Å². The van der Waals surface area contributed by atoms with Crippen molar-refractivity contribution in [2.24, 2.45) is 5.92 Å². The molecular formula is C19H21NO2. The van der Waals surface area contributed by atoms with Gasteiger partial charge in [0.2, 0.25) is 0 Å². The zero-order valence-electron chi connectivity index (χ0n) is 13.0. The second-order valence-electron chi connectivity index (χ2n) is 5.93. The lowest BCUT2D eigenvalue weighted by molar-refractivity contribution is 0.0931. The smallest absolute Gasteiger partial charge is 0.251 e. The predicted octanol–water partition coefficient (Wildman–Crippen LogP) is 3.88. The molecule has 0 saturated heterocycles. The molecule has 0 bridgehead atoms. The number of hydrogen-bond donors (Lipinski definition) is 1. The van der Waals surface area contributed by atoms with E-state index in [0.717, 1.165) is 5.75 Å². The number of rotatable bonds is 5. The Balaban J connectivity index is 1.75. The molecule has 3 rings (SSSR count). The minimum atomic E-state index is -0.0277. The number of carbonyl (C=O) groups is 1. The molecule has 114 valence electrons. The second kappa shape index (κ2) is 6.22. The largest absolute Gasteiger partial charge is 0.497 e. The van der Waals surface area contributed by atoms with E-state index in [1.54, 1.807) is 19.2 Å². The molecule has 2 aromatic rings. The third-order valence-electron chi connectivity index (χ3n) is 4.17. The van der Waals surface area contributed by atoms with E-state index in [9.17, 15) is 4.79 Å². The van der Waals surface area contributed by atoms with Crippen LogP contribution in [0.3, 0.4) is 0 Å². The molecule has 0 radical (unpaired) electrons. The Morgan fingerprint density at radius 2 is 1.73 bits per heavy atom. The van der Waals surface area contributed by atoms with Crippen LogP contribution in [0.15, 0.2) is 48.5 Å². The van der Waals surface area contributed by atoms with Crippen molar-refractivity contribution >= 4 is 5.91 Å². The van der Waals surface area contributed by atoms with Gasteiger partial charge < -0.3 is 10.1 Å². The number of methoxy groups -OCH3 is 1. The lowest BCUT2D eigenvalue weighted by atomic mass is 10.0. The van der Waals surface area contributed by atoms with Crippen molar-refractivity contribution in [3.8, 4) is 5.75 Å². The van der Waals surface area contributed by atoms with E-state index in [0.29, 0.717) is 11.5 Å². The van der Waals surface area contributed by atoms with Crippen LogP contribution in [0.1, 0.15) is 40.4 Å². The Morgan fingerprint density at radius 3 is 2.27 bits per heavy atom. The summed E-state index contributed by atoms with van der Waals surface area (Å²) in [6.45, 7) is 2.08. The second-order valence-corrected chi connectivity index (χ2v) is 5.93. The maximum Gasteiger partial charge on any atom is 0.251 e. The molecular weight excluding hydrogens is 274 g/mol. The summed E-state index contributed by atoms with van der Waals surface area (Å²) in [7, 11) is 1.62. The molecule has 1 aliphatic rings. The minimum absolute atomic E-state index is 0.0277.